The topological polar surface area (TPSA) is 24.9 Å². The largest absolute Gasteiger partial charge is 0.416 e. The molecule has 7 heteroatoms. The van der Waals surface area contributed by atoms with Gasteiger partial charge in [0.15, 0.2) is 0 Å². The van der Waals surface area contributed by atoms with E-state index >= 15 is 0 Å². The normalized spacial score (nSPS) is 13.2. The van der Waals surface area contributed by atoms with Gasteiger partial charge >= 0.3 is 6.18 Å². The molecule has 1 unspecified atom stereocenters. The van der Waals surface area contributed by atoms with Gasteiger partial charge in [-0.15, -0.1) is 11.3 Å². The third kappa shape index (κ3) is 3.73. The minimum Gasteiger partial charge on any atom is -0.383 e. The van der Waals surface area contributed by atoms with Crippen molar-refractivity contribution in [2.24, 2.45) is 0 Å². The molecule has 0 bridgehead atoms. The van der Waals surface area contributed by atoms with Crippen molar-refractivity contribution >= 4 is 33.0 Å². The number of halogens is 4. The smallest absolute Gasteiger partial charge is 0.383 e. The monoisotopic (exact) mass is 364 g/mol. The summed E-state index contributed by atoms with van der Waals surface area (Å²) in [5.41, 5.74) is -0.0238. The van der Waals surface area contributed by atoms with Crippen LogP contribution in [0.2, 0.25) is 0 Å². The highest BCUT2D eigenvalue weighted by Crippen LogP contribution is 2.34. The molecule has 0 saturated heterocycles. The van der Waals surface area contributed by atoms with Crippen LogP contribution < -0.4 is 5.32 Å². The van der Waals surface area contributed by atoms with Crippen molar-refractivity contribution in [1.82, 2.24) is 4.98 Å². The minimum atomic E-state index is -4.32. The first-order valence-corrected chi connectivity index (χ1v) is 7.55. The van der Waals surface area contributed by atoms with E-state index in [2.05, 4.69) is 26.2 Å². The van der Waals surface area contributed by atoms with Crippen molar-refractivity contribution in [3.8, 4) is 0 Å². The highest BCUT2D eigenvalue weighted by Gasteiger charge is 2.30. The number of nitrogens with zero attached hydrogens (tertiary/aromatic N) is 1. The third-order valence-corrected chi connectivity index (χ3v) is 4.43. The van der Waals surface area contributed by atoms with E-state index < -0.39 is 11.7 Å². The van der Waals surface area contributed by atoms with Gasteiger partial charge in [-0.25, -0.2) is 4.98 Å². The maximum absolute atomic E-state index is 12.6. The van der Waals surface area contributed by atoms with E-state index in [9.17, 15) is 13.2 Å². The summed E-state index contributed by atoms with van der Waals surface area (Å²) in [7, 11) is 0. The van der Waals surface area contributed by atoms with Crippen molar-refractivity contribution in [2.75, 3.05) is 11.9 Å². The molecule has 0 aliphatic rings. The van der Waals surface area contributed by atoms with Crippen LogP contribution in [0.5, 0.6) is 0 Å². The Morgan fingerprint density at radius 2 is 2.15 bits per heavy atom. The summed E-state index contributed by atoms with van der Waals surface area (Å²) in [6.45, 7) is 2.63. The fraction of sp³-hybridized carbons (Fsp3) is 0.308. The van der Waals surface area contributed by atoms with Crippen LogP contribution in [-0.2, 0) is 6.18 Å². The lowest BCUT2D eigenvalue weighted by Crippen LogP contribution is -2.11. The predicted octanol–water partition coefficient (Wildman–Crippen LogP) is 5.14. The number of hydrogen-bond acceptors (Lipinski definition) is 3. The molecule has 0 fully saturated rings. The van der Waals surface area contributed by atoms with Gasteiger partial charge in [0.05, 0.1) is 10.6 Å². The van der Waals surface area contributed by atoms with E-state index in [1.807, 2.05) is 12.3 Å². The number of benzene rings is 1. The van der Waals surface area contributed by atoms with E-state index in [1.165, 1.54) is 6.07 Å². The predicted molar refractivity (Wildman–Crippen MR) is 78.2 cm³/mol. The van der Waals surface area contributed by atoms with Crippen molar-refractivity contribution in [3.63, 3.8) is 0 Å². The van der Waals surface area contributed by atoms with Crippen LogP contribution in [0.3, 0.4) is 0 Å². The first kappa shape index (κ1) is 15.3. The lowest BCUT2D eigenvalue weighted by atomic mass is 10.1. The molecule has 0 radical (unpaired) electrons. The average Bonchev–Trinajstić information content (AvgIpc) is 2.89. The second-order valence-electron chi connectivity index (χ2n) is 4.34. The zero-order valence-corrected chi connectivity index (χ0v) is 12.9. The number of hydrogen-bond donors (Lipinski definition) is 1. The molecule has 20 heavy (non-hydrogen) atoms. The molecule has 1 N–H and O–H groups in total. The van der Waals surface area contributed by atoms with Crippen LogP contribution in [0.1, 0.15) is 23.4 Å². The number of thiazole rings is 1. The molecular weight excluding hydrogens is 353 g/mol. The van der Waals surface area contributed by atoms with Crippen molar-refractivity contribution < 1.29 is 13.2 Å². The number of nitrogens with one attached hydrogen (secondary N) is 1. The molecule has 0 aliphatic heterocycles. The van der Waals surface area contributed by atoms with E-state index in [1.54, 1.807) is 17.5 Å². The van der Waals surface area contributed by atoms with Gasteiger partial charge in [-0.1, -0.05) is 6.92 Å². The molecule has 1 heterocycles. The quantitative estimate of drug-likeness (QED) is 0.812. The van der Waals surface area contributed by atoms with Gasteiger partial charge in [0.1, 0.15) is 0 Å². The summed E-state index contributed by atoms with van der Waals surface area (Å²) in [5, 5.41) is 6.04. The van der Waals surface area contributed by atoms with Crippen molar-refractivity contribution in [1.29, 1.82) is 0 Å². The van der Waals surface area contributed by atoms with Gasteiger partial charge in [0, 0.05) is 34.2 Å². The number of rotatable bonds is 4. The summed E-state index contributed by atoms with van der Waals surface area (Å²) >= 11 is 4.73. The Morgan fingerprint density at radius 1 is 1.40 bits per heavy atom. The van der Waals surface area contributed by atoms with Crippen molar-refractivity contribution in [3.05, 3.63) is 44.8 Å². The number of anilines is 1. The van der Waals surface area contributed by atoms with Crippen LogP contribution >= 0.6 is 27.3 Å². The summed E-state index contributed by atoms with van der Waals surface area (Å²) in [6.07, 6.45) is -2.58. The Bertz CT molecular complexity index is 569. The van der Waals surface area contributed by atoms with Crippen molar-refractivity contribution in [2.45, 2.75) is 19.0 Å². The van der Waals surface area contributed by atoms with Gasteiger partial charge in [0.2, 0.25) is 0 Å². The van der Waals surface area contributed by atoms with Crippen LogP contribution in [-0.4, -0.2) is 11.5 Å². The lowest BCUT2D eigenvalue weighted by molar-refractivity contribution is -0.137. The van der Waals surface area contributed by atoms with E-state index in [0.29, 0.717) is 16.7 Å². The Balaban J connectivity index is 2.04. The molecule has 2 aromatic rings. The fourth-order valence-corrected chi connectivity index (χ4v) is 2.88. The van der Waals surface area contributed by atoms with E-state index in [0.717, 1.165) is 17.1 Å². The molecule has 0 amide bonds. The van der Waals surface area contributed by atoms with Gasteiger partial charge in [-0.2, -0.15) is 13.2 Å². The maximum atomic E-state index is 12.6. The minimum absolute atomic E-state index is 0.198. The molecule has 1 atom stereocenters. The van der Waals surface area contributed by atoms with Gasteiger partial charge in [-0.3, -0.25) is 0 Å². The van der Waals surface area contributed by atoms with Crippen LogP contribution in [0.15, 0.2) is 34.2 Å². The number of alkyl halides is 3. The molecule has 0 spiro atoms. The molecule has 0 aliphatic carbocycles. The van der Waals surface area contributed by atoms with Crippen LogP contribution in [0, 0.1) is 0 Å². The molecule has 1 aromatic heterocycles. The first-order valence-electron chi connectivity index (χ1n) is 5.88. The Morgan fingerprint density at radius 3 is 2.70 bits per heavy atom. The molecule has 2 rings (SSSR count). The van der Waals surface area contributed by atoms with E-state index in [-0.39, 0.29) is 5.92 Å². The summed E-state index contributed by atoms with van der Waals surface area (Å²) in [5.74, 6) is 0.198. The number of aromatic nitrogens is 1. The zero-order chi connectivity index (χ0) is 14.8. The maximum Gasteiger partial charge on any atom is 0.416 e. The molecule has 108 valence electrons. The molecule has 0 saturated carbocycles. The standard InChI is InChI=1S/C13H12BrF3N2S/c1-8(12-18-4-5-20-12)7-19-11-3-2-9(6-10(11)14)13(15,16)17/h2-6,8,19H,7H2,1H3. The SMILES string of the molecule is CC(CNc1ccc(C(F)(F)F)cc1Br)c1nccs1. The zero-order valence-electron chi connectivity index (χ0n) is 10.5. The fourth-order valence-electron chi connectivity index (χ4n) is 1.66. The third-order valence-electron chi connectivity index (χ3n) is 2.77. The Labute approximate surface area is 127 Å². The summed E-state index contributed by atoms with van der Waals surface area (Å²) < 4.78 is 38.1. The molecule has 2 nitrogen and oxygen atoms in total. The Kier molecular flexibility index (Phi) is 4.70. The molecular formula is C13H12BrF3N2S. The average molecular weight is 365 g/mol. The Hall–Kier alpha value is -1.08. The van der Waals surface area contributed by atoms with Crippen LogP contribution in [0.4, 0.5) is 18.9 Å². The summed E-state index contributed by atoms with van der Waals surface area (Å²) in [6, 6.07) is 3.58. The van der Waals surface area contributed by atoms with Gasteiger partial charge in [-0.05, 0) is 34.1 Å². The van der Waals surface area contributed by atoms with Gasteiger partial charge < -0.3 is 5.32 Å². The van der Waals surface area contributed by atoms with E-state index in [4.69, 9.17) is 0 Å². The van der Waals surface area contributed by atoms with Crippen LogP contribution in [0.25, 0.3) is 0 Å². The second-order valence-corrected chi connectivity index (χ2v) is 6.13. The second kappa shape index (κ2) is 6.13. The highest BCUT2D eigenvalue weighted by molar-refractivity contribution is 9.10. The lowest BCUT2D eigenvalue weighted by Gasteiger charge is -2.14. The highest BCUT2D eigenvalue weighted by atomic mass is 79.9. The first-order chi connectivity index (χ1) is 9.38. The van der Waals surface area contributed by atoms with Gasteiger partial charge in [0.25, 0.3) is 0 Å². The summed E-state index contributed by atoms with van der Waals surface area (Å²) in [4.78, 5) is 4.22. The molecule has 1 aromatic carbocycles.